The van der Waals surface area contributed by atoms with Crippen molar-refractivity contribution in [1.29, 1.82) is 0 Å². The molecule has 0 spiro atoms. The van der Waals surface area contributed by atoms with Crippen molar-refractivity contribution in [3.05, 3.63) is 54.1 Å². The maximum Gasteiger partial charge on any atom is 0.261 e. The Morgan fingerprint density at radius 3 is 2.29 bits per heavy atom. The lowest BCUT2D eigenvalue weighted by Gasteiger charge is -2.22. The van der Waals surface area contributed by atoms with Gasteiger partial charge >= 0.3 is 0 Å². The van der Waals surface area contributed by atoms with E-state index >= 15 is 0 Å². The molecule has 0 radical (unpaired) electrons. The molecule has 1 amide bonds. The summed E-state index contributed by atoms with van der Waals surface area (Å²) >= 11 is 1.56. The predicted octanol–water partition coefficient (Wildman–Crippen LogP) is 4.13. The number of benzene rings is 2. The van der Waals surface area contributed by atoms with Crippen LogP contribution in [0.5, 0.6) is 0 Å². The summed E-state index contributed by atoms with van der Waals surface area (Å²) in [4.78, 5) is 13.7. The molecule has 7 heteroatoms. The summed E-state index contributed by atoms with van der Waals surface area (Å²) in [6.45, 7) is 0. The van der Waals surface area contributed by atoms with Crippen molar-refractivity contribution in [1.82, 2.24) is 5.32 Å². The molecule has 5 nitrogen and oxygen atoms in total. The Kier molecular flexibility index (Phi) is 5.38. The molecule has 0 aromatic heterocycles. The first-order valence-corrected chi connectivity index (χ1v) is 12.2. The van der Waals surface area contributed by atoms with Crippen LogP contribution in [-0.4, -0.2) is 26.6 Å². The van der Waals surface area contributed by atoms with Gasteiger partial charge in [0, 0.05) is 22.2 Å². The molecule has 2 aromatic carbocycles. The molecular formula is C21H24N2O3S2. The lowest BCUT2D eigenvalue weighted by atomic mass is 9.95. The Balaban J connectivity index is 1.40. The Morgan fingerprint density at radius 1 is 1.00 bits per heavy atom. The number of hydrogen-bond acceptors (Lipinski definition) is 4. The van der Waals surface area contributed by atoms with Crippen molar-refractivity contribution in [2.75, 3.05) is 11.0 Å². The fourth-order valence-electron chi connectivity index (χ4n) is 4.33. The predicted molar refractivity (Wildman–Crippen MR) is 112 cm³/mol. The topological polar surface area (TPSA) is 75.3 Å². The van der Waals surface area contributed by atoms with E-state index in [1.165, 1.54) is 19.3 Å². The lowest BCUT2D eigenvalue weighted by molar-refractivity contribution is 0.0923. The van der Waals surface area contributed by atoms with Crippen LogP contribution in [0.25, 0.3) is 0 Å². The highest BCUT2D eigenvalue weighted by molar-refractivity contribution is 7.98. The van der Waals surface area contributed by atoms with E-state index in [0.29, 0.717) is 17.2 Å². The minimum atomic E-state index is -3.66. The molecule has 2 N–H and O–H groups in total. The van der Waals surface area contributed by atoms with Gasteiger partial charge in [-0.25, -0.2) is 8.42 Å². The molecule has 28 heavy (non-hydrogen) atoms. The van der Waals surface area contributed by atoms with Gasteiger partial charge in [0.1, 0.15) is 0 Å². The summed E-state index contributed by atoms with van der Waals surface area (Å²) in [5, 5.41) is 3.15. The Labute approximate surface area is 170 Å². The number of rotatable bonds is 6. The van der Waals surface area contributed by atoms with Gasteiger partial charge in [0.15, 0.2) is 0 Å². The van der Waals surface area contributed by atoms with Crippen molar-refractivity contribution in [2.24, 2.45) is 11.8 Å². The highest BCUT2D eigenvalue weighted by Gasteiger charge is 2.40. The van der Waals surface area contributed by atoms with Gasteiger partial charge < -0.3 is 5.32 Å². The first-order valence-electron chi connectivity index (χ1n) is 9.52. The SMILES string of the molecule is CSc1ccc(S(=O)(=O)Nc2ccc(C(=O)N[C@H]3C[C@@H]4CC[C@@H]3C4)cc2)cc1. The van der Waals surface area contributed by atoms with E-state index in [1.807, 2.05) is 6.26 Å². The maximum absolute atomic E-state index is 12.5. The molecule has 4 rings (SSSR count). The second-order valence-corrected chi connectivity index (χ2v) is 10.2. The standard InChI is InChI=1S/C21H24N2O3S2/c1-27-18-8-10-19(11-9-18)28(25,26)23-17-6-4-15(5-7-17)21(24)22-20-13-14-2-3-16(20)12-14/h4-11,14,16,20,23H,2-3,12-13H2,1H3,(H,22,24)/t14-,16-,20+/m1/s1. The fourth-order valence-corrected chi connectivity index (χ4v) is 5.80. The van der Waals surface area contributed by atoms with Crippen molar-refractivity contribution < 1.29 is 13.2 Å². The molecule has 2 fully saturated rings. The molecule has 0 saturated heterocycles. The maximum atomic E-state index is 12.5. The second-order valence-electron chi connectivity index (χ2n) is 7.61. The van der Waals surface area contributed by atoms with E-state index in [9.17, 15) is 13.2 Å². The van der Waals surface area contributed by atoms with Gasteiger partial charge in [0.05, 0.1) is 4.90 Å². The second kappa shape index (κ2) is 7.79. The summed E-state index contributed by atoms with van der Waals surface area (Å²) in [5.41, 5.74) is 0.987. The zero-order valence-corrected chi connectivity index (χ0v) is 17.4. The molecule has 148 valence electrons. The van der Waals surface area contributed by atoms with Crippen LogP contribution in [0.1, 0.15) is 36.0 Å². The average molecular weight is 417 g/mol. The lowest BCUT2D eigenvalue weighted by Crippen LogP contribution is -2.38. The molecule has 0 unspecified atom stereocenters. The minimum absolute atomic E-state index is 0.0837. The van der Waals surface area contributed by atoms with Crippen molar-refractivity contribution in [3.63, 3.8) is 0 Å². The Morgan fingerprint density at radius 2 is 1.71 bits per heavy atom. The molecule has 2 bridgehead atoms. The van der Waals surface area contributed by atoms with Gasteiger partial charge in [0.25, 0.3) is 15.9 Å². The van der Waals surface area contributed by atoms with E-state index in [1.54, 1.807) is 60.3 Å². The van der Waals surface area contributed by atoms with Crippen LogP contribution in [0.15, 0.2) is 58.3 Å². The number of amides is 1. The van der Waals surface area contributed by atoms with Gasteiger partial charge in [-0.15, -0.1) is 11.8 Å². The summed E-state index contributed by atoms with van der Waals surface area (Å²) in [6.07, 6.45) is 6.78. The van der Waals surface area contributed by atoms with Crippen LogP contribution in [0.4, 0.5) is 5.69 Å². The number of anilines is 1. The third kappa shape index (κ3) is 4.05. The van der Waals surface area contributed by atoms with Crippen molar-refractivity contribution >= 4 is 33.4 Å². The molecule has 3 atom stereocenters. The highest BCUT2D eigenvalue weighted by atomic mass is 32.2. The summed E-state index contributed by atoms with van der Waals surface area (Å²) in [5.74, 6) is 1.31. The largest absolute Gasteiger partial charge is 0.349 e. The van der Waals surface area contributed by atoms with E-state index in [0.717, 1.165) is 17.2 Å². The van der Waals surface area contributed by atoms with Crippen LogP contribution in [0.2, 0.25) is 0 Å². The van der Waals surface area contributed by atoms with Crippen molar-refractivity contribution in [3.8, 4) is 0 Å². The number of thioether (sulfide) groups is 1. The number of sulfonamides is 1. The van der Waals surface area contributed by atoms with Crippen molar-refractivity contribution in [2.45, 2.75) is 41.5 Å². The number of carbonyl (C=O) groups is 1. The van der Waals surface area contributed by atoms with E-state index in [4.69, 9.17) is 0 Å². The first kappa shape index (κ1) is 19.3. The number of hydrogen-bond donors (Lipinski definition) is 2. The van der Waals surface area contributed by atoms with E-state index < -0.39 is 10.0 Å². The van der Waals surface area contributed by atoms with Crippen LogP contribution in [0, 0.1) is 11.8 Å². The van der Waals surface area contributed by atoms with E-state index in [-0.39, 0.29) is 16.8 Å². The molecule has 2 saturated carbocycles. The molecule has 0 aliphatic heterocycles. The quantitative estimate of drug-likeness (QED) is 0.695. The number of nitrogens with one attached hydrogen (secondary N) is 2. The van der Waals surface area contributed by atoms with Crippen LogP contribution >= 0.6 is 11.8 Å². The normalized spacial score (nSPS) is 23.5. The summed E-state index contributed by atoms with van der Waals surface area (Å²) < 4.78 is 27.6. The molecule has 0 heterocycles. The zero-order valence-electron chi connectivity index (χ0n) is 15.7. The molecular weight excluding hydrogens is 392 g/mol. The van der Waals surface area contributed by atoms with Crippen LogP contribution < -0.4 is 10.0 Å². The third-order valence-electron chi connectivity index (χ3n) is 5.82. The highest BCUT2D eigenvalue weighted by Crippen LogP contribution is 2.44. The zero-order chi connectivity index (χ0) is 19.7. The van der Waals surface area contributed by atoms with Crippen LogP contribution in [0.3, 0.4) is 0 Å². The smallest absolute Gasteiger partial charge is 0.261 e. The Bertz CT molecular complexity index is 956. The molecule has 2 aliphatic rings. The summed E-state index contributed by atoms with van der Waals surface area (Å²) in [7, 11) is -3.66. The van der Waals surface area contributed by atoms with Crippen LogP contribution in [-0.2, 0) is 10.0 Å². The average Bonchev–Trinajstić information content (AvgIpc) is 3.31. The minimum Gasteiger partial charge on any atom is -0.349 e. The van der Waals surface area contributed by atoms with E-state index in [2.05, 4.69) is 10.0 Å². The van der Waals surface area contributed by atoms with Gasteiger partial charge in [-0.1, -0.05) is 6.42 Å². The number of carbonyl (C=O) groups excluding carboxylic acids is 1. The fraction of sp³-hybridized carbons (Fsp3) is 0.381. The van der Waals surface area contributed by atoms with Gasteiger partial charge in [-0.2, -0.15) is 0 Å². The monoisotopic (exact) mass is 416 g/mol. The third-order valence-corrected chi connectivity index (χ3v) is 7.96. The first-order chi connectivity index (χ1) is 13.4. The molecule has 2 aromatic rings. The van der Waals surface area contributed by atoms with Gasteiger partial charge in [-0.3, -0.25) is 9.52 Å². The summed E-state index contributed by atoms with van der Waals surface area (Å²) in [6, 6.07) is 13.6. The number of fused-ring (bicyclic) bond motifs is 2. The Hall–Kier alpha value is -1.99. The van der Waals surface area contributed by atoms with Gasteiger partial charge in [-0.05, 0) is 85.9 Å². The van der Waals surface area contributed by atoms with Gasteiger partial charge in [0.2, 0.25) is 0 Å². The molecule has 2 aliphatic carbocycles.